The molecule has 0 aromatic heterocycles. The molecule has 6 nitrogen and oxygen atoms in total. The quantitative estimate of drug-likeness (QED) is 0.0292. The summed E-state index contributed by atoms with van der Waals surface area (Å²) in [6, 6.07) is 19.3. The van der Waals surface area contributed by atoms with E-state index in [1.165, 1.54) is 139 Å². The zero-order chi connectivity index (χ0) is 43.6. The number of benzene rings is 4. The number of unbranched alkanes of at least 4 members (excludes halogenated alkanes) is 20. The number of hydrogen-bond donors (Lipinski definition) is 0. The van der Waals surface area contributed by atoms with Crippen molar-refractivity contribution in [1.29, 1.82) is 0 Å². The molecule has 0 bridgehead atoms. The van der Waals surface area contributed by atoms with E-state index in [2.05, 4.69) is 64.1 Å². The summed E-state index contributed by atoms with van der Waals surface area (Å²) in [5.74, 6) is 0. The minimum absolute atomic E-state index is 0. The monoisotopic (exact) mass is 1000 g/mol. The molecule has 4 aromatic carbocycles. The molecule has 0 saturated carbocycles. The second kappa shape index (κ2) is 31.6. The van der Waals surface area contributed by atoms with Gasteiger partial charge in [-0.25, -0.2) is 16.8 Å². The summed E-state index contributed by atoms with van der Waals surface area (Å²) < 4.78 is 71.4. The fourth-order valence-corrected chi connectivity index (χ4v) is 9.99. The van der Waals surface area contributed by atoms with Gasteiger partial charge in [-0.1, -0.05) is 205 Å². The molecule has 0 saturated heterocycles. The van der Waals surface area contributed by atoms with Crippen molar-refractivity contribution >= 4 is 90.7 Å². The number of fused-ring (bicyclic) bond motifs is 2. The van der Waals surface area contributed by atoms with Crippen molar-refractivity contribution in [2.24, 2.45) is 0 Å². The van der Waals surface area contributed by atoms with E-state index < -0.39 is 20.2 Å². The Kier molecular flexibility index (Phi) is 29.0. The molecular weight excluding hydrogens is 922 g/mol. The summed E-state index contributed by atoms with van der Waals surface area (Å²) >= 11 is 0. The van der Waals surface area contributed by atoms with Crippen LogP contribution in [0.4, 0.5) is 0 Å². The molecule has 0 fully saturated rings. The first-order valence-electron chi connectivity index (χ1n) is 23.9. The van der Waals surface area contributed by atoms with E-state index in [-0.39, 0.29) is 58.7 Å². The van der Waals surface area contributed by atoms with Crippen LogP contribution in [0.2, 0.25) is 0 Å². The normalized spacial score (nSPS) is 11.8. The van der Waals surface area contributed by atoms with Crippen LogP contribution in [0.3, 0.4) is 0 Å². The summed E-state index contributed by atoms with van der Waals surface area (Å²) in [5, 5.41) is 3.94. The van der Waals surface area contributed by atoms with Crippen molar-refractivity contribution in [3.63, 3.8) is 0 Å². The van der Waals surface area contributed by atoms with E-state index in [4.69, 9.17) is 0 Å². The summed E-state index contributed by atoms with van der Waals surface area (Å²) in [5.41, 5.74) is 3.93. The van der Waals surface area contributed by atoms with Crippen LogP contribution < -0.4 is 0 Å². The number of hydrogen-bond acceptors (Lipinski definition) is 6. The number of rotatable bonds is 30. The Labute approximate surface area is 412 Å². The van der Waals surface area contributed by atoms with E-state index in [0.717, 1.165) is 84.0 Å². The van der Waals surface area contributed by atoms with Gasteiger partial charge in [-0.05, 0) is 107 Å². The maximum Gasteiger partial charge on any atom is 2.00 e. The average molecular weight is 1000 g/mol. The summed E-state index contributed by atoms with van der Waals surface area (Å²) in [7, 11) is -8.94. The molecule has 0 aliphatic heterocycles. The first kappa shape index (κ1) is 55.9. The van der Waals surface area contributed by atoms with Gasteiger partial charge < -0.3 is 9.11 Å². The topological polar surface area (TPSA) is 114 Å². The van der Waals surface area contributed by atoms with Gasteiger partial charge in [0.15, 0.2) is 0 Å². The molecule has 9 heteroatoms. The van der Waals surface area contributed by atoms with E-state index in [9.17, 15) is 25.9 Å². The third-order valence-electron chi connectivity index (χ3n) is 12.0. The Morgan fingerprint density at radius 1 is 0.361 bits per heavy atom. The zero-order valence-corrected chi connectivity index (χ0v) is 44.6. The predicted octanol–water partition coefficient (Wildman–Crippen LogP) is 14.7. The molecule has 0 N–H and O–H groups in total. The minimum atomic E-state index is -4.47. The van der Waals surface area contributed by atoms with Gasteiger partial charge in [0.2, 0.25) is 0 Å². The zero-order valence-electron chi connectivity index (χ0n) is 38.5. The van der Waals surface area contributed by atoms with Crippen molar-refractivity contribution in [3.8, 4) is 0 Å². The van der Waals surface area contributed by atoms with E-state index in [0.29, 0.717) is 12.8 Å². The smallest absolute Gasteiger partial charge is 0.744 e. The maximum absolute atomic E-state index is 11.9. The third-order valence-corrected chi connectivity index (χ3v) is 13.9. The van der Waals surface area contributed by atoms with Crippen molar-refractivity contribution in [3.05, 3.63) is 82.9 Å². The van der Waals surface area contributed by atoms with Gasteiger partial charge in [0.05, 0.1) is 9.79 Å². The molecule has 0 spiro atoms. The second-order valence-electron chi connectivity index (χ2n) is 17.2. The van der Waals surface area contributed by atoms with Gasteiger partial charge >= 0.3 is 48.9 Å². The van der Waals surface area contributed by atoms with Crippen LogP contribution in [-0.2, 0) is 45.9 Å². The Morgan fingerprint density at radius 3 is 0.918 bits per heavy atom. The van der Waals surface area contributed by atoms with Gasteiger partial charge in [-0.2, -0.15) is 0 Å². The fourth-order valence-electron chi connectivity index (χ4n) is 8.50. The Balaban J connectivity index is 0.000000413. The van der Waals surface area contributed by atoms with Crippen LogP contribution in [0.5, 0.6) is 0 Å². The van der Waals surface area contributed by atoms with E-state index in [1.807, 2.05) is 0 Å². The van der Waals surface area contributed by atoms with Crippen molar-refractivity contribution in [2.45, 2.75) is 217 Å². The van der Waals surface area contributed by atoms with Crippen LogP contribution in [0.25, 0.3) is 21.5 Å². The van der Waals surface area contributed by atoms with Gasteiger partial charge in [-0.15, -0.1) is 0 Å². The number of aryl methyl sites for hydroxylation is 4. The van der Waals surface area contributed by atoms with Gasteiger partial charge in [0.25, 0.3) is 0 Å². The Hall–Kier alpha value is -1.21. The van der Waals surface area contributed by atoms with Gasteiger partial charge in [0.1, 0.15) is 20.2 Å². The SMILES string of the molecule is CCCCCCCCc1ccc2ccc(S(=O)(=O)[O-])c(CCCCCCCC)c2c1.CCCCCCCCc1ccc2ccc(S(=O)(=O)[O-])c(CCCCCCCC)c2c1.[Ba+2]. The molecule has 0 radical (unpaired) electrons. The van der Waals surface area contributed by atoms with E-state index >= 15 is 0 Å². The molecular formula is C52H78BaO6S2. The average Bonchev–Trinajstić information content (AvgIpc) is 3.22. The largest absolute Gasteiger partial charge is 2.00 e. The van der Waals surface area contributed by atoms with Crippen LogP contribution in [0, 0.1) is 0 Å². The Morgan fingerprint density at radius 2 is 0.623 bits per heavy atom. The van der Waals surface area contributed by atoms with Crippen LogP contribution in [0.1, 0.15) is 204 Å². The van der Waals surface area contributed by atoms with Crippen molar-refractivity contribution in [1.82, 2.24) is 0 Å². The standard InChI is InChI=1S/2C26H40O3S.Ba/c2*1-3-5-7-9-11-13-15-22-17-18-23-19-20-26(30(27,28)29)24(25(23)21-22)16-14-12-10-8-6-4-2;/h2*17-21H,3-16H2,1-2H3,(H,27,28,29);/q;;+2/p-2. The van der Waals surface area contributed by atoms with Crippen LogP contribution in [0.15, 0.2) is 70.5 Å². The first-order chi connectivity index (χ1) is 28.9. The first-order valence-corrected chi connectivity index (χ1v) is 26.8. The minimum Gasteiger partial charge on any atom is -0.744 e. The molecule has 0 atom stereocenters. The molecule has 0 heterocycles. The fraction of sp³-hybridized carbons (Fsp3) is 0.615. The van der Waals surface area contributed by atoms with Crippen molar-refractivity contribution in [2.75, 3.05) is 0 Å². The molecule has 4 rings (SSSR count). The van der Waals surface area contributed by atoms with Gasteiger partial charge in [0, 0.05) is 0 Å². The third kappa shape index (κ3) is 21.1. The van der Waals surface area contributed by atoms with Gasteiger partial charge in [-0.3, -0.25) is 0 Å². The second-order valence-corrected chi connectivity index (χ2v) is 19.9. The Bertz CT molecular complexity index is 1900. The molecule has 0 aliphatic carbocycles. The van der Waals surface area contributed by atoms with Crippen LogP contribution in [-0.4, -0.2) is 74.8 Å². The molecule has 61 heavy (non-hydrogen) atoms. The molecule has 0 amide bonds. The molecule has 0 aliphatic rings. The van der Waals surface area contributed by atoms with Crippen molar-refractivity contribution < 1.29 is 25.9 Å². The van der Waals surface area contributed by atoms with E-state index in [1.54, 1.807) is 12.1 Å². The molecule has 4 aromatic rings. The summed E-state index contributed by atoms with van der Waals surface area (Å²) in [6.45, 7) is 8.86. The molecule has 0 unspecified atom stereocenters. The summed E-state index contributed by atoms with van der Waals surface area (Å²) in [6.07, 6.45) is 32.1. The summed E-state index contributed by atoms with van der Waals surface area (Å²) in [4.78, 5) is -0.0550. The maximum atomic E-state index is 11.9. The van der Waals surface area contributed by atoms with Crippen LogP contribution >= 0.6 is 0 Å². The predicted molar refractivity (Wildman–Crippen MR) is 258 cm³/mol. The molecule has 336 valence electrons.